The molecular formula is C20H24O5. The van der Waals surface area contributed by atoms with Gasteiger partial charge in [-0.3, -0.25) is 0 Å². The molecule has 0 N–H and O–H groups in total. The zero-order chi connectivity index (χ0) is 17.2. The standard InChI is InChI=1S/C20H24O5/c1-3-17-15-19(5-1)24-13-11-22-9-7-21-8-10-23-12-14-25-20-6-2-4-18(17)16-20/h1-6,15-16H,7-14H2. The molecule has 0 spiro atoms. The minimum absolute atomic E-state index is 0.510. The molecule has 1 aliphatic heterocycles. The summed E-state index contributed by atoms with van der Waals surface area (Å²) in [6.45, 7) is 4.31. The Morgan fingerprint density at radius 2 is 0.880 bits per heavy atom. The van der Waals surface area contributed by atoms with Crippen LogP contribution in [0, 0.1) is 0 Å². The summed E-state index contributed by atoms with van der Waals surface area (Å²) in [5.74, 6) is 1.66. The molecule has 0 atom stereocenters. The zero-order valence-corrected chi connectivity index (χ0v) is 14.3. The Labute approximate surface area is 148 Å². The van der Waals surface area contributed by atoms with Crippen LogP contribution in [-0.2, 0) is 14.2 Å². The van der Waals surface area contributed by atoms with Gasteiger partial charge in [-0.05, 0) is 35.4 Å². The Morgan fingerprint density at radius 1 is 0.480 bits per heavy atom. The minimum Gasteiger partial charge on any atom is -0.491 e. The van der Waals surface area contributed by atoms with Crippen molar-refractivity contribution in [1.29, 1.82) is 0 Å². The van der Waals surface area contributed by atoms with Crippen LogP contribution >= 0.6 is 0 Å². The Morgan fingerprint density at radius 3 is 1.32 bits per heavy atom. The van der Waals surface area contributed by atoms with Crippen LogP contribution in [-0.4, -0.2) is 52.9 Å². The molecule has 0 aliphatic carbocycles. The molecule has 5 nitrogen and oxygen atoms in total. The molecule has 0 radical (unpaired) electrons. The second kappa shape index (κ2) is 10.0. The summed E-state index contributed by atoms with van der Waals surface area (Å²) in [5, 5.41) is 0. The summed E-state index contributed by atoms with van der Waals surface area (Å²) < 4.78 is 28.0. The maximum absolute atomic E-state index is 5.77. The van der Waals surface area contributed by atoms with E-state index in [1.165, 1.54) is 0 Å². The lowest BCUT2D eigenvalue weighted by molar-refractivity contribution is 0.00500. The van der Waals surface area contributed by atoms with Gasteiger partial charge in [-0.1, -0.05) is 24.3 Å². The third-order valence-corrected chi connectivity index (χ3v) is 3.74. The fourth-order valence-electron chi connectivity index (χ4n) is 2.51. The highest BCUT2D eigenvalue weighted by atomic mass is 16.6. The number of hydrogen-bond donors (Lipinski definition) is 0. The van der Waals surface area contributed by atoms with E-state index in [4.69, 9.17) is 23.7 Å². The number of benzene rings is 2. The van der Waals surface area contributed by atoms with Crippen molar-refractivity contribution >= 4 is 0 Å². The number of hydrogen-bond acceptors (Lipinski definition) is 5. The number of rotatable bonds is 0. The Balaban J connectivity index is 1.69. The van der Waals surface area contributed by atoms with Crippen LogP contribution in [0.1, 0.15) is 0 Å². The molecule has 4 bridgehead atoms. The van der Waals surface area contributed by atoms with Gasteiger partial charge in [0.1, 0.15) is 24.7 Å². The van der Waals surface area contributed by atoms with Crippen LogP contribution in [0.25, 0.3) is 11.1 Å². The predicted molar refractivity (Wildman–Crippen MR) is 95.3 cm³/mol. The monoisotopic (exact) mass is 344 g/mol. The Hall–Kier alpha value is -2.08. The van der Waals surface area contributed by atoms with Crippen LogP contribution in [0.2, 0.25) is 0 Å². The minimum atomic E-state index is 0.510. The average Bonchev–Trinajstić information content (AvgIpc) is 2.65. The van der Waals surface area contributed by atoms with E-state index in [-0.39, 0.29) is 0 Å². The molecule has 0 fully saturated rings. The third kappa shape index (κ3) is 6.05. The summed E-state index contributed by atoms with van der Waals surface area (Å²) in [5.41, 5.74) is 2.18. The van der Waals surface area contributed by atoms with Crippen molar-refractivity contribution in [2.24, 2.45) is 0 Å². The van der Waals surface area contributed by atoms with E-state index >= 15 is 0 Å². The highest BCUT2D eigenvalue weighted by Crippen LogP contribution is 2.27. The molecule has 25 heavy (non-hydrogen) atoms. The van der Waals surface area contributed by atoms with Gasteiger partial charge in [-0.25, -0.2) is 0 Å². The van der Waals surface area contributed by atoms with Crippen molar-refractivity contribution in [3.8, 4) is 22.6 Å². The second-order valence-electron chi connectivity index (χ2n) is 5.59. The summed E-state index contributed by atoms with van der Waals surface area (Å²) in [7, 11) is 0. The van der Waals surface area contributed by atoms with Crippen LogP contribution in [0.5, 0.6) is 11.5 Å². The summed E-state index contributed by atoms with van der Waals surface area (Å²) in [4.78, 5) is 0. The van der Waals surface area contributed by atoms with Gasteiger partial charge < -0.3 is 23.7 Å². The lowest BCUT2D eigenvalue weighted by Crippen LogP contribution is -2.14. The van der Waals surface area contributed by atoms with Crippen LogP contribution < -0.4 is 9.47 Å². The van der Waals surface area contributed by atoms with Crippen molar-refractivity contribution in [2.75, 3.05) is 52.9 Å². The molecule has 0 unspecified atom stereocenters. The maximum atomic E-state index is 5.77. The van der Waals surface area contributed by atoms with Gasteiger partial charge in [0.25, 0.3) is 0 Å². The first-order valence-electron chi connectivity index (χ1n) is 8.61. The van der Waals surface area contributed by atoms with E-state index in [1.807, 2.05) is 36.4 Å². The lowest BCUT2D eigenvalue weighted by Gasteiger charge is -2.10. The van der Waals surface area contributed by atoms with E-state index < -0.39 is 0 Å². The van der Waals surface area contributed by atoms with Crippen LogP contribution in [0.15, 0.2) is 48.5 Å². The highest BCUT2D eigenvalue weighted by molar-refractivity contribution is 5.66. The van der Waals surface area contributed by atoms with E-state index in [1.54, 1.807) is 0 Å². The topological polar surface area (TPSA) is 46.2 Å². The third-order valence-electron chi connectivity index (χ3n) is 3.74. The molecule has 134 valence electrons. The second-order valence-corrected chi connectivity index (χ2v) is 5.59. The molecule has 0 saturated carbocycles. The van der Waals surface area contributed by atoms with E-state index in [0.29, 0.717) is 52.9 Å². The van der Waals surface area contributed by atoms with Gasteiger partial charge in [-0.2, -0.15) is 0 Å². The van der Waals surface area contributed by atoms with Crippen molar-refractivity contribution in [3.63, 3.8) is 0 Å². The van der Waals surface area contributed by atoms with Crippen molar-refractivity contribution in [1.82, 2.24) is 0 Å². The Bertz CT molecular complexity index is 588. The quantitative estimate of drug-likeness (QED) is 0.735. The van der Waals surface area contributed by atoms with Gasteiger partial charge >= 0.3 is 0 Å². The smallest absolute Gasteiger partial charge is 0.120 e. The van der Waals surface area contributed by atoms with E-state index in [0.717, 1.165) is 22.6 Å². The first-order valence-corrected chi connectivity index (χ1v) is 8.61. The lowest BCUT2D eigenvalue weighted by atomic mass is 10.1. The summed E-state index contributed by atoms with van der Waals surface area (Å²) >= 11 is 0. The summed E-state index contributed by atoms with van der Waals surface area (Å²) in [6, 6.07) is 16.1. The Kier molecular flexibility index (Phi) is 7.12. The van der Waals surface area contributed by atoms with Crippen LogP contribution in [0.4, 0.5) is 0 Å². The first-order chi connectivity index (χ1) is 12.4. The van der Waals surface area contributed by atoms with Crippen LogP contribution in [0.3, 0.4) is 0 Å². The maximum Gasteiger partial charge on any atom is 0.120 e. The molecular weight excluding hydrogens is 320 g/mol. The van der Waals surface area contributed by atoms with Crippen molar-refractivity contribution < 1.29 is 23.7 Å². The van der Waals surface area contributed by atoms with Crippen molar-refractivity contribution in [2.45, 2.75) is 0 Å². The van der Waals surface area contributed by atoms with E-state index in [2.05, 4.69) is 12.1 Å². The van der Waals surface area contributed by atoms with Gasteiger partial charge in [0.15, 0.2) is 0 Å². The molecule has 0 saturated heterocycles. The first kappa shape index (κ1) is 17.7. The molecule has 5 heteroatoms. The largest absolute Gasteiger partial charge is 0.491 e. The predicted octanol–water partition coefficient (Wildman–Crippen LogP) is 3.17. The van der Waals surface area contributed by atoms with Gasteiger partial charge in [0.05, 0.1) is 39.6 Å². The molecule has 2 aromatic rings. The molecule has 1 heterocycles. The molecule has 0 aromatic heterocycles. The van der Waals surface area contributed by atoms with Gasteiger partial charge in [0.2, 0.25) is 0 Å². The average molecular weight is 344 g/mol. The van der Waals surface area contributed by atoms with Gasteiger partial charge in [-0.15, -0.1) is 0 Å². The zero-order valence-electron chi connectivity index (χ0n) is 14.3. The normalized spacial score (nSPS) is 17.3. The van der Waals surface area contributed by atoms with E-state index in [9.17, 15) is 0 Å². The summed E-state index contributed by atoms with van der Waals surface area (Å²) in [6.07, 6.45) is 0. The molecule has 3 rings (SSSR count). The molecule has 0 amide bonds. The molecule has 1 aliphatic rings. The molecule has 2 aromatic carbocycles. The fourth-order valence-corrected chi connectivity index (χ4v) is 2.51. The highest BCUT2D eigenvalue weighted by Gasteiger charge is 2.03. The van der Waals surface area contributed by atoms with Crippen molar-refractivity contribution in [3.05, 3.63) is 48.5 Å². The number of ether oxygens (including phenoxy) is 5. The van der Waals surface area contributed by atoms with Gasteiger partial charge in [0, 0.05) is 0 Å². The fraction of sp³-hybridized carbons (Fsp3) is 0.400. The SMILES string of the molecule is c1cc2cc(c1)-c1cccc(c1)OCCOCCOCCOCCO2. The number of fused-ring (bicyclic) bond motifs is 5.